The second kappa shape index (κ2) is 6.03. The maximum atomic E-state index is 11.9. The third kappa shape index (κ3) is 3.12. The SMILES string of the molecule is CCCn1ncnc1[C@@H](C)NC(=O)c1cnccn1. The Bertz CT molecular complexity index is 538. The topological polar surface area (TPSA) is 85.6 Å². The molecule has 0 aliphatic carbocycles. The summed E-state index contributed by atoms with van der Waals surface area (Å²) >= 11 is 0. The fourth-order valence-corrected chi connectivity index (χ4v) is 1.74. The molecule has 2 aromatic rings. The number of aryl methyl sites for hydroxylation is 1. The molecule has 2 aromatic heterocycles. The average Bonchev–Trinajstić information content (AvgIpc) is 2.88. The van der Waals surface area contributed by atoms with E-state index in [1.807, 2.05) is 6.92 Å². The van der Waals surface area contributed by atoms with Gasteiger partial charge in [0.2, 0.25) is 0 Å². The monoisotopic (exact) mass is 260 g/mol. The van der Waals surface area contributed by atoms with Gasteiger partial charge < -0.3 is 5.32 Å². The highest BCUT2D eigenvalue weighted by Gasteiger charge is 2.16. The average molecular weight is 260 g/mol. The molecule has 0 spiro atoms. The van der Waals surface area contributed by atoms with Gasteiger partial charge in [0.1, 0.15) is 17.8 Å². The van der Waals surface area contributed by atoms with Crippen molar-refractivity contribution in [1.29, 1.82) is 0 Å². The van der Waals surface area contributed by atoms with Crippen molar-refractivity contribution in [2.45, 2.75) is 32.9 Å². The smallest absolute Gasteiger partial charge is 0.272 e. The molecule has 1 amide bonds. The lowest BCUT2D eigenvalue weighted by Crippen LogP contribution is -2.29. The van der Waals surface area contributed by atoms with Gasteiger partial charge in [-0.05, 0) is 13.3 Å². The Labute approximate surface area is 111 Å². The summed E-state index contributed by atoms with van der Waals surface area (Å²) in [6, 6.07) is -0.233. The van der Waals surface area contributed by atoms with E-state index in [1.165, 1.54) is 24.9 Å². The van der Waals surface area contributed by atoms with Gasteiger partial charge in [-0.2, -0.15) is 5.10 Å². The van der Waals surface area contributed by atoms with Gasteiger partial charge in [-0.15, -0.1) is 0 Å². The molecule has 1 N–H and O–H groups in total. The molecule has 7 heteroatoms. The van der Waals surface area contributed by atoms with Crippen LogP contribution in [-0.2, 0) is 6.54 Å². The van der Waals surface area contributed by atoms with E-state index in [1.54, 1.807) is 4.68 Å². The Morgan fingerprint density at radius 3 is 2.95 bits per heavy atom. The summed E-state index contributed by atoms with van der Waals surface area (Å²) in [7, 11) is 0. The molecule has 0 bridgehead atoms. The second-order valence-electron chi connectivity index (χ2n) is 4.13. The Morgan fingerprint density at radius 2 is 2.26 bits per heavy atom. The number of nitrogens with one attached hydrogen (secondary N) is 1. The first-order chi connectivity index (χ1) is 9.22. The third-order valence-electron chi connectivity index (χ3n) is 2.61. The van der Waals surface area contributed by atoms with E-state index in [9.17, 15) is 4.79 Å². The van der Waals surface area contributed by atoms with E-state index in [2.05, 4.69) is 32.3 Å². The van der Waals surface area contributed by atoms with Crippen LogP contribution in [0, 0.1) is 0 Å². The summed E-state index contributed by atoms with van der Waals surface area (Å²) in [5, 5.41) is 6.97. The van der Waals surface area contributed by atoms with Crippen LogP contribution < -0.4 is 5.32 Å². The minimum atomic E-state index is -0.272. The van der Waals surface area contributed by atoms with Crippen LogP contribution in [0.2, 0.25) is 0 Å². The van der Waals surface area contributed by atoms with E-state index < -0.39 is 0 Å². The van der Waals surface area contributed by atoms with Crippen LogP contribution in [0.1, 0.15) is 42.6 Å². The molecule has 0 unspecified atom stereocenters. The van der Waals surface area contributed by atoms with Crippen LogP contribution >= 0.6 is 0 Å². The molecule has 2 rings (SSSR count). The number of carbonyl (C=O) groups excluding carboxylic acids is 1. The van der Waals surface area contributed by atoms with Crippen molar-refractivity contribution in [3.8, 4) is 0 Å². The van der Waals surface area contributed by atoms with Gasteiger partial charge in [0.25, 0.3) is 5.91 Å². The molecule has 0 saturated heterocycles. The molecule has 0 aliphatic rings. The van der Waals surface area contributed by atoms with Crippen molar-refractivity contribution in [1.82, 2.24) is 30.0 Å². The van der Waals surface area contributed by atoms with Crippen LogP contribution in [0.15, 0.2) is 24.9 Å². The Hall–Kier alpha value is -2.31. The van der Waals surface area contributed by atoms with Crippen molar-refractivity contribution < 1.29 is 4.79 Å². The van der Waals surface area contributed by atoms with Crippen molar-refractivity contribution in [2.75, 3.05) is 0 Å². The number of nitrogens with zero attached hydrogens (tertiary/aromatic N) is 5. The molecular weight excluding hydrogens is 244 g/mol. The van der Waals surface area contributed by atoms with Crippen molar-refractivity contribution in [3.05, 3.63) is 36.4 Å². The van der Waals surface area contributed by atoms with E-state index in [4.69, 9.17) is 0 Å². The standard InChI is InChI=1S/C12H16N6O/c1-3-6-18-11(15-8-16-18)9(2)17-12(19)10-7-13-4-5-14-10/h4-5,7-9H,3,6H2,1-2H3,(H,17,19)/t9-/m1/s1. The maximum Gasteiger partial charge on any atom is 0.272 e. The van der Waals surface area contributed by atoms with Crippen LogP contribution in [-0.4, -0.2) is 30.6 Å². The van der Waals surface area contributed by atoms with Gasteiger partial charge in [-0.1, -0.05) is 6.92 Å². The quantitative estimate of drug-likeness (QED) is 0.865. The second-order valence-corrected chi connectivity index (χ2v) is 4.13. The van der Waals surface area contributed by atoms with Gasteiger partial charge in [-0.25, -0.2) is 14.6 Å². The zero-order chi connectivity index (χ0) is 13.7. The first-order valence-electron chi connectivity index (χ1n) is 6.17. The number of rotatable bonds is 5. The molecule has 0 fully saturated rings. The zero-order valence-corrected chi connectivity index (χ0v) is 10.9. The predicted molar refractivity (Wildman–Crippen MR) is 68.2 cm³/mol. The predicted octanol–water partition coefficient (Wildman–Crippen LogP) is 0.969. The molecular formula is C12H16N6O. The highest BCUT2D eigenvalue weighted by Crippen LogP contribution is 2.09. The molecule has 0 radical (unpaired) electrons. The third-order valence-corrected chi connectivity index (χ3v) is 2.61. The fourth-order valence-electron chi connectivity index (χ4n) is 1.74. The molecule has 0 aromatic carbocycles. The van der Waals surface area contributed by atoms with Crippen molar-refractivity contribution in [3.63, 3.8) is 0 Å². The number of carbonyl (C=O) groups is 1. The molecule has 2 heterocycles. The van der Waals surface area contributed by atoms with Gasteiger partial charge in [0, 0.05) is 18.9 Å². The maximum absolute atomic E-state index is 11.9. The Morgan fingerprint density at radius 1 is 1.42 bits per heavy atom. The molecule has 100 valence electrons. The van der Waals surface area contributed by atoms with Crippen LogP contribution in [0.3, 0.4) is 0 Å². The lowest BCUT2D eigenvalue weighted by Gasteiger charge is -2.13. The van der Waals surface area contributed by atoms with Crippen molar-refractivity contribution in [2.24, 2.45) is 0 Å². The van der Waals surface area contributed by atoms with Gasteiger partial charge >= 0.3 is 0 Å². The van der Waals surface area contributed by atoms with E-state index >= 15 is 0 Å². The number of hydrogen-bond donors (Lipinski definition) is 1. The minimum absolute atomic E-state index is 0.233. The van der Waals surface area contributed by atoms with Crippen LogP contribution in [0.4, 0.5) is 0 Å². The van der Waals surface area contributed by atoms with Gasteiger partial charge in [0.15, 0.2) is 0 Å². The highest BCUT2D eigenvalue weighted by molar-refractivity contribution is 5.92. The van der Waals surface area contributed by atoms with E-state index in [0.717, 1.165) is 18.8 Å². The molecule has 7 nitrogen and oxygen atoms in total. The van der Waals surface area contributed by atoms with E-state index in [0.29, 0.717) is 0 Å². The fraction of sp³-hybridized carbons (Fsp3) is 0.417. The minimum Gasteiger partial charge on any atom is -0.341 e. The molecule has 19 heavy (non-hydrogen) atoms. The van der Waals surface area contributed by atoms with Gasteiger partial charge in [-0.3, -0.25) is 9.78 Å². The first-order valence-corrected chi connectivity index (χ1v) is 6.17. The van der Waals surface area contributed by atoms with Crippen LogP contribution in [0.25, 0.3) is 0 Å². The zero-order valence-electron chi connectivity index (χ0n) is 10.9. The normalized spacial score (nSPS) is 12.1. The summed E-state index contributed by atoms with van der Waals surface area (Å²) in [4.78, 5) is 24.0. The highest BCUT2D eigenvalue weighted by atomic mass is 16.1. The Kier molecular flexibility index (Phi) is 4.17. The summed E-state index contributed by atoms with van der Waals surface area (Å²) in [6.45, 7) is 4.71. The van der Waals surface area contributed by atoms with Crippen LogP contribution in [0.5, 0.6) is 0 Å². The van der Waals surface area contributed by atoms with Gasteiger partial charge in [0.05, 0.1) is 12.2 Å². The lowest BCUT2D eigenvalue weighted by molar-refractivity contribution is 0.0932. The number of amides is 1. The molecule has 1 atom stereocenters. The van der Waals surface area contributed by atoms with Crippen molar-refractivity contribution >= 4 is 5.91 Å². The summed E-state index contributed by atoms with van der Waals surface area (Å²) in [5.41, 5.74) is 0.288. The summed E-state index contributed by atoms with van der Waals surface area (Å²) in [5.74, 6) is 0.464. The lowest BCUT2D eigenvalue weighted by atomic mass is 10.3. The summed E-state index contributed by atoms with van der Waals surface area (Å²) < 4.78 is 1.79. The molecule has 0 saturated carbocycles. The summed E-state index contributed by atoms with van der Waals surface area (Å²) in [6.07, 6.45) is 6.90. The number of hydrogen-bond acceptors (Lipinski definition) is 5. The Balaban J connectivity index is 2.06. The van der Waals surface area contributed by atoms with E-state index in [-0.39, 0.29) is 17.6 Å². The number of aromatic nitrogens is 5. The first kappa shape index (κ1) is 13.1. The molecule has 0 aliphatic heterocycles. The largest absolute Gasteiger partial charge is 0.341 e.